The molecular weight excluding hydrogens is 328 g/mol. The Morgan fingerprint density at radius 1 is 1.29 bits per heavy atom. The van der Waals surface area contributed by atoms with Gasteiger partial charge in [0, 0.05) is 35.9 Å². The third-order valence-corrected chi connectivity index (χ3v) is 4.26. The smallest absolute Gasteiger partial charge is 0.258 e. The molecule has 2 aromatic heterocycles. The molecule has 3 rings (SSSR count). The molecular formula is C17H16N2O4S. The first-order valence-corrected chi connectivity index (χ1v) is 8.18. The number of methoxy groups -OCH3 is 1. The molecule has 0 aliphatic rings. The molecule has 0 saturated heterocycles. The fourth-order valence-corrected chi connectivity index (χ4v) is 3.06. The molecule has 0 amide bonds. The molecule has 2 heterocycles. The summed E-state index contributed by atoms with van der Waals surface area (Å²) in [6.07, 6.45) is 1.69. The Morgan fingerprint density at radius 2 is 2.12 bits per heavy atom. The molecule has 0 radical (unpaired) electrons. The van der Waals surface area contributed by atoms with Crippen LogP contribution in [-0.4, -0.2) is 22.3 Å². The molecule has 0 bridgehead atoms. The van der Waals surface area contributed by atoms with E-state index in [0.717, 1.165) is 5.56 Å². The average Bonchev–Trinajstić information content (AvgIpc) is 3.03. The number of carbonyl (C=O) groups excluding carboxylic acids is 1. The van der Waals surface area contributed by atoms with Crippen molar-refractivity contribution in [2.45, 2.75) is 20.1 Å². The SMILES string of the molecule is COCc1cc(C(C)=O)ccc1OCc1cc(=O)n2ccsc2n1. The Hall–Kier alpha value is -2.51. The van der Waals surface area contributed by atoms with Crippen LogP contribution < -0.4 is 10.3 Å². The lowest BCUT2D eigenvalue weighted by molar-refractivity contribution is 0.101. The normalized spacial score (nSPS) is 10.9. The summed E-state index contributed by atoms with van der Waals surface area (Å²) >= 11 is 1.39. The highest BCUT2D eigenvalue weighted by Gasteiger charge is 2.10. The van der Waals surface area contributed by atoms with Crippen molar-refractivity contribution in [1.82, 2.24) is 9.38 Å². The molecule has 0 saturated carbocycles. The van der Waals surface area contributed by atoms with E-state index in [4.69, 9.17) is 9.47 Å². The summed E-state index contributed by atoms with van der Waals surface area (Å²) in [6, 6.07) is 6.66. The number of carbonyl (C=O) groups is 1. The van der Waals surface area contributed by atoms with Gasteiger partial charge in [-0.15, -0.1) is 11.3 Å². The van der Waals surface area contributed by atoms with Gasteiger partial charge < -0.3 is 9.47 Å². The predicted molar refractivity (Wildman–Crippen MR) is 90.8 cm³/mol. The Balaban J connectivity index is 1.84. The maximum atomic E-state index is 12.0. The number of rotatable bonds is 6. The number of fused-ring (bicyclic) bond motifs is 1. The highest BCUT2D eigenvalue weighted by atomic mass is 32.1. The molecule has 0 fully saturated rings. The van der Waals surface area contributed by atoms with Gasteiger partial charge in [0.25, 0.3) is 5.56 Å². The fourth-order valence-electron chi connectivity index (χ4n) is 2.32. The first-order chi connectivity index (χ1) is 11.6. The lowest BCUT2D eigenvalue weighted by atomic mass is 10.1. The zero-order valence-corrected chi connectivity index (χ0v) is 14.1. The van der Waals surface area contributed by atoms with Crippen LogP contribution in [0.2, 0.25) is 0 Å². The lowest BCUT2D eigenvalue weighted by Gasteiger charge is -2.12. The number of hydrogen-bond donors (Lipinski definition) is 0. The number of thiazole rings is 1. The maximum absolute atomic E-state index is 12.0. The van der Waals surface area contributed by atoms with Crippen molar-refractivity contribution < 1.29 is 14.3 Å². The monoisotopic (exact) mass is 344 g/mol. The van der Waals surface area contributed by atoms with Crippen LogP contribution in [0.1, 0.15) is 28.5 Å². The number of aromatic nitrogens is 2. The topological polar surface area (TPSA) is 69.9 Å². The Kier molecular flexibility index (Phi) is 4.73. The van der Waals surface area contributed by atoms with E-state index in [9.17, 15) is 9.59 Å². The summed E-state index contributed by atoms with van der Waals surface area (Å²) in [5.74, 6) is 0.590. The Labute approximate surface area is 142 Å². The van der Waals surface area contributed by atoms with Crippen molar-refractivity contribution in [3.8, 4) is 5.75 Å². The quantitative estimate of drug-likeness (QED) is 0.643. The largest absolute Gasteiger partial charge is 0.487 e. The number of ketones is 1. The number of nitrogens with zero attached hydrogens (tertiary/aromatic N) is 2. The summed E-state index contributed by atoms with van der Waals surface area (Å²) in [5.41, 5.74) is 1.80. The minimum Gasteiger partial charge on any atom is -0.487 e. The van der Waals surface area contributed by atoms with Gasteiger partial charge in [0.15, 0.2) is 10.7 Å². The predicted octanol–water partition coefficient (Wildman–Crippen LogP) is 2.68. The van der Waals surface area contributed by atoms with E-state index >= 15 is 0 Å². The van der Waals surface area contributed by atoms with Crippen molar-refractivity contribution in [2.75, 3.05) is 7.11 Å². The van der Waals surface area contributed by atoms with E-state index < -0.39 is 0 Å². The van der Waals surface area contributed by atoms with E-state index in [2.05, 4.69) is 4.98 Å². The molecule has 0 aliphatic carbocycles. The van der Waals surface area contributed by atoms with E-state index in [1.807, 2.05) is 5.38 Å². The Morgan fingerprint density at radius 3 is 2.88 bits per heavy atom. The van der Waals surface area contributed by atoms with Gasteiger partial charge in [0.05, 0.1) is 12.3 Å². The van der Waals surface area contributed by atoms with Crippen molar-refractivity contribution in [1.29, 1.82) is 0 Å². The third-order valence-electron chi connectivity index (χ3n) is 3.50. The molecule has 0 unspecified atom stereocenters. The molecule has 0 N–H and O–H groups in total. The van der Waals surface area contributed by atoms with Crippen LogP contribution >= 0.6 is 11.3 Å². The lowest BCUT2D eigenvalue weighted by Crippen LogP contribution is -2.14. The first kappa shape index (κ1) is 16.4. The molecule has 0 atom stereocenters. The molecule has 24 heavy (non-hydrogen) atoms. The summed E-state index contributed by atoms with van der Waals surface area (Å²) in [7, 11) is 1.58. The molecule has 0 spiro atoms. The summed E-state index contributed by atoms with van der Waals surface area (Å²) in [5, 5.41) is 1.81. The number of ether oxygens (including phenoxy) is 2. The van der Waals surface area contributed by atoms with Crippen LogP contribution in [0.4, 0.5) is 0 Å². The van der Waals surface area contributed by atoms with Gasteiger partial charge in [-0.25, -0.2) is 4.98 Å². The van der Waals surface area contributed by atoms with Gasteiger partial charge >= 0.3 is 0 Å². The van der Waals surface area contributed by atoms with Gasteiger partial charge in [0.1, 0.15) is 12.4 Å². The van der Waals surface area contributed by atoms with Gasteiger partial charge in [-0.2, -0.15) is 0 Å². The zero-order chi connectivity index (χ0) is 17.1. The van der Waals surface area contributed by atoms with Crippen molar-refractivity contribution >= 4 is 22.1 Å². The minimum absolute atomic E-state index is 0.0169. The number of benzene rings is 1. The van der Waals surface area contributed by atoms with Gasteiger partial charge in [0.2, 0.25) is 0 Å². The van der Waals surface area contributed by atoms with E-state index in [-0.39, 0.29) is 17.9 Å². The van der Waals surface area contributed by atoms with Gasteiger partial charge in [-0.3, -0.25) is 14.0 Å². The first-order valence-electron chi connectivity index (χ1n) is 7.30. The molecule has 7 heteroatoms. The molecule has 3 aromatic rings. The average molecular weight is 344 g/mol. The van der Waals surface area contributed by atoms with E-state index in [0.29, 0.717) is 28.6 Å². The second-order valence-electron chi connectivity index (χ2n) is 5.24. The minimum atomic E-state index is -0.135. The van der Waals surface area contributed by atoms with Crippen molar-refractivity contribution in [3.05, 3.63) is 63.0 Å². The van der Waals surface area contributed by atoms with E-state index in [1.54, 1.807) is 31.5 Å². The summed E-state index contributed by atoms with van der Waals surface area (Å²) in [6.45, 7) is 2.01. The van der Waals surface area contributed by atoms with Crippen LogP contribution in [0, 0.1) is 0 Å². The van der Waals surface area contributed by atoms with Crippen molar-refractivity contribution in [3.63, 3.8) is 0 Å². The van der Waals surface area contributed by atoms with Crippen molar-refractivity contribution in [2.24, 2.45) is 0 Å². The summed E-state index contributed by atoms with van der Waals surface area (Å²) in [4.78, 5) is 28.5. The van der Waals surface area contributed by atoms with Crippen LogP contribution in [0.25, 0.3) is 4.96 Å². The molecule has 124 valence electrons. The second-order valence-corrected chi connectivity index (χ2v) is 6.11. The number of hydrogen-bond acceptors (Lipinski definition) is 6. The molecule has 0 aliphatic heterocycles. The van der Waals surface area contributed by atoms with E-state index in [1.165, 1.54) is 28.7 Å². The Bertz CT molecular complexity index is 945. The second kappa shape index (κ2) is 6.94. The van der Waals surface area contributed by atoms with Gasteiger partial charge in [-0.1, -0.05) is 0 Å². The molecule has 6 nitrogen and oxygen atoms in total. The highest BCUT2D eigenvalue weighted by molar-refractivity contribution is 7.15. The zero-order valence-electron chi connectivity index (χ0n) is 13.3. The van der Waals surface area contributed by atoms with Crippen LogP contribution in [0.15, 0.2) is 40.6 Å². The van der Waals surface area contributed by atoms with Crippen LogP contribution in [0.5, 0.6) is 5.75 Å². The summed E-state index contributed by atoms with van der Waals surface area (Å²) < 4.78 is 12.4. The highest BCUT2D eigenvalue weighted by Crippen LogP contribution is 2.22. The fraction of sp³-hybridized carbons (Fsp3) is 0.235. The van der Waals surface area contributed by atoms with Gasteiger partial charge in [-0.05, 0) is 25.1 Å². The maximum Gasteiger partial charge on any atom is 0.258 e. The third kappa shape index (κ3) is 3.37. The standard InChI is InChI=1S/C17H16N2O4S/c1-11(20)12-3-4-15(13(7-12)9-22-2)23-10-14-8-16(21)19-5-6-24-17(19)18-14/h3-8H,9-10H2,1-2H3. The van der Waals surface area contributed by atoms with Crippen LogP contribution in [-0.2, 0) is 18.0 Å². The number of Topliss-reactive ketones (excluding diaryl/α,β-unsaturated/α-hetero) is 1. The van der Waals surface area contributed by atoms with Crippen LogP contribution in [0.3, 0.4) is 0 Å². The molecule has 1 aromatic carbocycles.